The van der Waals surface area contributed by atoms with Crippen molar-refractivity contribution >= 4 is 40.8 Å². The highest BCUT2D eigenvalue weighted by Crippen LogP contribution is 2.51. The number of anilines is 1. The number of nitrogens with one attached hydrogen (secondary N) is 1. The number of hydrogen-bond acceptors (Lipinski definition) is 10. The van der Waals surface area contributed by atoms with Crippen LogP contribution >= 0.6 is 0 Å². The normalized spacial score (nSPS) is 26.6. The molecule has 5 N–H and O–H groups in total. The van der Waals surface area contributed by atoms with Gasteiger partial charge in [0.05, 0.1) is 11.5 Å². The minimum Gasteiger partial charge on any atom is -0.507 e. The van der Waals surface area contributed by atoms with E-state index in [-0.39, 0.29) is 30.5 Å². The Morgan fingerprint density at radius 3 is 2.38 bits per heavy atom. The average Bonchev–Trinajstić information content (AvgIpc) is 2.91. The maximum absolute atomic E-state index is 13.9. The Bertz CT molecular complexity index is 1550. The van der Waals surface area contributed by atoms with Crippen molar-refractivity contribution in [2.45, 2.75) is 38.3 Å². The lowest BCUT2D eigenvalue weighted by molar-refractivity contribution is -0.175. The number of aryl methyl sites for hydroxylation is 1. The third kappa shape index (κ3) is 4.51. The lowest BCUT2D eigenvalue weighted by Gasteiger charge is -2.48. The molecule has 0 heterocycles. The molecule has 2 amide bonds. The van der Waals surface area contributed by atoms with Crippen LogP contribution < -0.4 is 20.7 Å². The first-order chi connectivity index (χ1) is 19.7. The summed E-state index contributed by atoms with van der Waals surface area (Å²) in [6, 6.07) is 8.43. The first kappa shape index (κ1) is 28.9. The quantitative estimate of drug-likeness (QED) is 0.372. The lowest BCUT2D eigenvalue weighted by atomic mass is 9.53. The van der Waals surface area contributed by atoms with Crippen LogP contribution in [0.15, 0.2) is 30.3 Å². The molecule has 0 saturated heterocycles. The summed E-state index contributed by atoms with van der Waals surface area (Å²) in [5, 5.41) is 25.2. The number of fused-ring (bicyclic) bond motifs is 3. The van der Waals surface area contributed by atoms with Crippen molar-refractivity contribution in [3.8, 4) is 11.5 Å². The first-order valence-electron chi connectivity index (χ1n) is 13.5. The van der Waals surface area contributed by atoms with Crippen LogP contribution in [0.3, 0.4) is 0 Å². The number of amides is 2. The molecular formula is C30H31N3O9. The molecule has 2 aromatic rings. The number of carbonyl (C=O) groups excluding carboxylic acids is 6. The van der Waals surface area contributed by atoms with Crippen LogP contribution in [0.4, 0.5) is 10.5 Å². The second kappa shape index (κ2) is 10.4. The molecule has 42 heavy (non-hydrogen) atoms. The van der Waals surface area contributed by atoms with Crippen LogP contribution in [0.25, 0.3) is 0 Å². The molecule has 3 aliphatic carbocycles. The van der Waals surface area contributed by atoms with Crippen molar-refractivity contribution in [3.63, 3.8) is 0 Å². The van der Waals surface area contributed by atoms with Gasteiger partial charge in [-0.15, -0.1) is 0 Å². The number of aliphatic hydroxyl groups is 1. The maximum atomic E-state index is 13.9. The van der Waals surface area contributed by atoms with Crippen LogP contribution in [0.1, 0.15) is 39.9 Å². The number of hydrogen-bond donors (Lipinski definition) is 4. The molecule has 5 atom stereocenters. The Hall–Kier alpha value is -4.58. The van der Waals surface area contributed by atoms with Gasteiger partial charge >= 0.3 is 6.09 Å². The summed E-state index contributed by atoms with van der Waals surface area (Å²) in [4.78, 5) is 79.3. The molecule has 12 heteroatoms. The van der Waals surface area contributed by atoms with Gasteiger partial charge in [-0.3, -0.25) is 24.0 Å². The van der Waals surface area contributed by atoms with E-state index in [1.807, 2.05) is 6.92 Å². The SMILES string of the molecule is Cc1ccc(OC(=O)NCc2cc(N(C)C)c3c(c2O)C(=O)C2C(=O)[C@]4(O)C(=O)C(C(N)=O)C(=O)C[C@@H]4C[C@@H]2C3)cc1. The molecule has 0 aliphatic heterocycles. The summed E-state index contributed by atoms with van der Waals surface area (Å²) < 4.78 is 5.26. The molecule has 12 nitrogen and oxygen atoms in total. The van der Waals surface area contributed by atoms with Crippen molar-refractivity contribution < 1.29 is 43.7 Å². The van der Waals surface area contributed by atoms with Gasteiger partial charge in [-0.2, -0.15) is 0 Å². The highest BCUT2D eigenvalue weighted by atomic mass is 16.6. The number of nitrogens with zero attached hydrogens (tertiary/aromatic N) is 1. The fourth-order valence-corrected chi connectivity index (χ4v) is 6.52. The number of primary amides is 1. The molecule has 2 fully saturated rings. The number of ether oxygens (including phenoxy) is 1. The van der Waals surface area contributed by atoms with Crippen LogP contribution in [0.2, 0.25) is 0 Å². The van der Waals surface area contributed by atoms with E-state index in [9.17, 15) is 39.0 Å². The van der Waals surface area contributed by atoms with E-state index in [0.717, 1.165) is 5.56 Å². The number of phenolic OH excluding ortho intramolecular Hbond substituents is 1. The van der Waals surface area contributed by atoms with Gasteiger partial charge in [0.2, 0.25) is 5.91 Å². The van der Waals surface area contributed by atoms with Gasteiger partial charge in [0, 0.05) is 44.2 Å². The second-order valence-electron chi connectivity index (χ2n) is 11.4. The van der Waals surface area contributed by atoms with Crippen LogP contribution in [-0.2, 0) is 32.1 Å². The molecular weight excluding hydrogens is 546 g/mol. The van der Waals surface area contributed by atoms with Crippen LogP contribution in [-0.4, -0.2) is 65.0 Å². The van der Waals surface area contributed by atoms with E-state index >= 15 is 0 Å². The Kier molecular flexibility index (Phi) is 7.13. The van der Waals surface area contributed by atoms with Crippen LogP contribution in [0, 0.1) is 30.6 Å². The Morgan fingerprint density at radius 1 is 1.10 bits per heavy atom. The van der Waals surface area contributed by atoms with E-state index < -0.39 is 76.6 Å². The Balaban J connectivity index is 1.47. The molecule has 3 aliphatic rings. The highest BCUT2D eigenvalue weighted by molar-refractivity contribution is 6.31. The van der Waals surface area contributed by atoms with Gasteiger partial charge in [0.1, 0.15) is 11.5 Å². The van der Waals surface area contributed by atoms with Gasteiger partial charge < -0.3 is 30.9 Å². The van der Waals surface area contributed by atoms with Gasteiger partial charge in [0.25, 0.3) is 0 Å². The largest absolute Gasteiger partial charge is 0.507 e. The summed E-state index contributed by atoms with van der Waals surface area (Å²) in [5.74, 6) is -10.6. The molecule has 0 radical (unpaired) electrons. The Labute approximate surface area is 240 Å². The van der Waals surface area contributed by atoms with E-state index in [0.29, 0.717) is 17.0 Å². The first-order valence-corrected chi connectivity index (χ1v) is 13.5. The predicted molar refractivity (Wildman–Crippen MR) is 147 cm³/mol. The summed E-state index contributed by atoms with van der Waals surface area (Å²) >= 11 is 0. The monoisotopic (exact) mass is 577 g/mol. The molecule has 220 valence electrons. The minimum absolute atomic E-state index is 0.00281. The summed E-state index contributed by atoms with van der Waals surface area (Å²) in [6.45, 7) is 1.67. The summed E-state index contributed by atoms with van der Waals surface area (Å²) in [5.41, 5.74) is 4.56. The van der Waals surface area contributed by atoms with Gasteiger partial charge in [0.15, 0.2) is 34.7 Å². The molecule has 2 saturated carbocycles. The van der Waals surface area contributed by atoms with Crippen LogP contribution in [0.5, 0.6) is 11.5 Å². The van der Waals surface area contributed by atoms with E-state index in [2.05, 4.69) is 5.32 Å². The van der Waals surface area contributed by atoms with E-state index in [4.69, 9.17) is 10.5 Å². The smallest absolute Gasteiger partial charge is 0.412 e. The average molecular weight is 578 g/mol. The Morgan fingerprint density at radius 2 is 1.76 bits per heavy atom. The lowest BCUT2D eigenvalue weighted by Crippen LogP contribution is -2.68. The van der Waals surface area contributed by atoms with Crippen molar-refractivity contribution in [1.29, 1.82) is 0 Å². The number of benzene rings is 2. The van der Waals surface area contributed by atoms with Gasteiger partial charge in [-0.25, -0.2) is 4.79 Å². The molecule has 0 bridgehead atoms. The van der Waals surface area contributed by atoms with Crippen molar-refractivity contribution in [1.82, 2.24) is 5.32 Å². The van der Waals surface area contributed by atoms with Gasteiger partial charge in [-0.1, -0.05) is 17.7 Å². The second-order valence-corrected chi connectivity index (χ2v) is 11.4. The predicted octanol–water partition coefficient (Wildman–Crippen LogP) is 0.990. The van der Waals surface area contributed by atoms with E-state index in [1.165, 1.54) is 0 Å². The van der Waals surface area contributed by atoms with Crippen molar-refractivity contribution in [3.05, 3.63) is 52.6 Å². The summed E-state index contributed by atoms with van der Waals surface area (Å²) in [7, 11) is 3.47. The highest BCUT2D eigenvalue weighted by Gasteiger charge is 2.66. The number of phenols is 1. The third-order valence-electron chi connectivity index (χ3n) is 8.59. The fourth-order valence-electron chi connectivity index (χ4n) is 6.52. The van der Waals surface area contributed by atoms with Crippen molar-refractivity contribution in [2.24, 2.45) is 29.4 Å². The zero-order valence-electron chi connectivity index (χ0n) is 23.3. The standard InChI is InChI=1S/C30H31N3O9/c1-13-4-6-17(7-5-13)42-29(40)32-12-15-10-19(33(2)3)18-9-14-8-16-11-20(34)23(28(31)39)27(38)30(16,41)26(37)21(14)25(36)22(18)24(15)35/h4-7,10,14,16,21,23,35,41H,8-9,11-12H2,1-3H3,(H2,31,39)(H,32,40)/t14-,16+,21?,23?,30+/m1/s1. The number of rotatable bonds is 5. The van der Waals surface area contributed by atoms with Crippen molar-refractivity contribution in [2.75, 3.05) is 19.0 Å². The fraction of sp³-hybridized carbons (Fsp3) is 0.400. The zero-order valence-corrected chi connectivity index (χ0v) is 23.3. The molecule has 5 rings (SSSR count). The van der Waals surface area contributed by atoms with Gasteiger partial charge in [-0.05, 0) is 49.4 Å². The number of ketones is 4. The van der Waals surface area contributed by atoms with E-state index in [1.54, 1.807) is 49.3 Å². The molecule has 2 unspecified atom stereocenters. The molecule has 2 aromatic carbocycles. The molecule has 0 aromatic heterocycles. The number of nitrogens with two attached hydrogens (primary N) is 1. The zero-order chi connectivity index (χ0) is 30.7. The maximum Gasteiger partial charge on any atom is 0.412 e. The molecule has 0 spiro atoms. The topological polar surface area (TPSA) is 193 Å². The minimum atomic E-state index is -2.72. The summed E-state index contributed by atoms with van der Waals surface area (Å²) in [6.07, 6.45) is -1.04. The third-order valence-corrected chi connectivity index (χ3v) is 8.59. The number of Topliss-reactive ketones (excluding diaryl/α,β-unsaturated/α-hetero) is 4. The number of carbonyl (C=O) groups is 6. The number of aromatic hydroxyl groups is 1.